The number of benzene rings is 3. The van der Waals surface area contributed by atoms with Crippen LogP contribution < -0.4 is 10.1 Å². The Morgan fingerprint density at radius 1 is 0.889 bits per heavy atom. The molecule has 3 aromatic carbocycles. The van der Waals surface area contributed by atoms with Crippen molar-refractivity contribution < 1.29 is 23.9 Å². The highest BCUT2D eigenvalue weighted by Crippen LogP contribution is 2.28. The molecular formula is C22H22F2NO2+. The molecule has 3 nitrogen and oxygen atoms in total. The van der Waals surface area contributed by atoms with E-state index < -0.39 is 5.60 Å². The minimum atomic E-state index is -1.37. The molecule has 0 spiro atoms. The predicted molar refractivity (Wildman–Crippen MR) is 99.3 cm³/mol. The fraction of sp³-hybridized carbons (Fsp3) is 0.182. The molecule has 5 heteroatoms. The molecule has 0 amide bonds. The number of ether oxygens (including phenoxy) is 1. The van der Waals surface area contributed by atoms with Gasteiger partial charge in [-0.3, -0.25) is 0 Å². The maximum atomic E-state index is 13.3. The van der Waals surface area contributed by atoms with E-state index >= 15 is 0 Å². The molecule has 0 saturated carbocycles. The molecule has 0 aliphatic rings. The van der Waals surface area contributed by atoms with Crippen LogP contribution in [-0.2, 0) is 12.1 Å². The van der Waals surface area contributed by atoms with E-state index in [-0.39, 0.29) is 11.6 Å². The van der Waals surface area contributed by atoms with Crippen molar-refractivity contribution in [3.8, 4) is 5.75 Å². The van der Waals surface area contributed by atoms with Crippen LogP contribution in [0, 0.1) is 11.6 Å². The molecule has 0 unspecified atom stereocenters. The second kappa shape index (κ2) is 8.29. The zero-order valence-corrected chi connectivity index (χ0v) is 15.0. The summed E-state index contributed by atoms with van der Waals surface area (Å²) in [7, 11) is 1.62. The average molecular weight is 370 g/mol. The number of aliphatic hydroxyl groups is 1. The fourth-order valence-corrected chi connectivity index (χ4v) is 3.10. The molecule has 3 aromatic rings. The molecule has 140 valence electrons. The van der Waals surface area contributed by atoms with Crippen molar-refractivity contribution in [3.05, 3.63) is 101 Å². The Balaban J connectivity index is 1.83. The fourth-order valence-electron chi connectivity index (χ4n) is 3.10. The van der Waals surface area contributed by atoms with E-state index in [4.69, 9.17) is 4.74 Å². The first-order chi connectivity index (χ1) is 13.0. The van der Waals surface area contributed by atoms with E-state index in [0.29, 0.717) is 24.2 Å². The lowest BCUT2D eigenvalue weighted by atomic mass is 9.86. The SMILES string of the molecule is COc1cccc(C[NH2+]CC(O)(c2ccc(F)cc2)c2ccc(F)cc2)c1. The molecule has 0 aliphatic carbocycles. The molecule has 0 atom stereocenters. The van der Waals surface area contributed by atoms with Gasteiger partial charge in [-0.05, 0) is 47.5 Å². The number of halogens is 2. The minimum absolute atomic E-state index is 0.293. The number of methoxy groups -OCH3 is 1. The molecule has 0 fully saturated rings. The Hall–Kier alpha value is -2.76. The molecule has 0 saturated heterocycles. The van der Waals surface area contributed by atoms with Crippen molar-refractivity contribution in [2.45, 2.75) is 12.1 Å². The van der Waals surface area contributed by atoms with Crippen molar-refractivity contribution in [3.63, 3.8) is 0 Å². The van der Waals surface area contributed by atoms with Crippen LogP contribution in [0.15, 0.2) is 72.8 Å². The van der Waals surface area contributed by atoms with Crippen LogP contribution in [0.1, 0.15) is 16.7 Å². The van der Waals surface area contributed by atoms with Crippen LogP contribution >= 0.6 is 0 Å². The third kappa shape index (κ3) is 4.51. The van der Waals surface area contributed by atoms with Gasteiger partial charge in [-0.1, -0.05) is 36.4 Å². The molecule has 0 aliphatic heterocycles. The first kappa shape index (κ1) is 19.0. The zero-order chi connectivity index (χ0) is 19.3. The van der Waals surface area contributed by atoms with E-state index in [9.17, 15) is 13.9 Å². The summed E-state index contributed by atoms with van der Waals surface area (Å²) in [5, 5.41) is 13.4. The van der Waals surface area contributed by atoms with Crippen LogP contribution in [0.4, 0.5) is 8.78 Å². The molecule has 3 N–H and O–H groups in total. The quantitative estimate of drug-likeness (QED) is 0.672. The summed E-state index contributed by atoms with van der Waals surface area (Å²) in [6.45, 7) is 0.920. The molecule has 27 heavy (non-hydrogen) atoms. The highest BCUT2D eigenvalue weighted by molar-refractivity contribution is 5.36. The van der Waals surface area contributed by atoms with Crippen LogP contribution in [0.3, 0.4) is 0 Å². The summed E-state index contributed by atoms with van der Waals surface area (Å²) in [4.78, 5) is 0. The molecule has 0 heterocycles. The van der Waals surface area contributed by atoms with Gasteiger partial charge in [-0.2, -0.15) is 0 Å². The molecule has 3 rings (SSSR count). The summed E-state index contributed by atoms with van der Waals surface area (Å²) < 4.78 is 31.9. The normalized spacial score (nSPS) is 11.4. The second-order valence-electron chi connectivity index (χ2n) is 6.42. The van der Waals surface area contributed by atoms with Gasteiger partial charge in [0.1, 0.15) is 30.5 Å². The van der Waals surface area contributed by atoms with Crippen LogP contribution in [0.2, 0.25) is 0 Å². The largest absolute Gasteiger partial charge is 0.497 e. The molecular weight excluding hydrogens is 348 g/mol. The summed E-state index contributed by atoms with van der Waals surface area (Å²) in [5.41, 5.74) is 0.782. The molecule has 0 radical (unpaired) electrons. The predicted octanol–water partition coefficient (Wildman–Crippen LogP) is 2.97. The summed E-state index contributed by atoms with van der Waals surface area (Å²) >= 11 is 0. The van der Waals surface area contributed by atoms with Crippen molar-refractivity contribution in [2.24, 2.45) is 0 Å². The van der Waals surface area contributed by atoms with Gasteiger partial charge < -0.3 is 15.2 Å². The maximum absolute atomic E-state index is 13.3. The topological polar surface area (TPSA) is 46.1 Å². The minimum Gasteiger partial charge on any atom is -0.497 e. The van der Waals surface area contributed by atoms with Gasteiger partial charge in [0.25, 0.3) is 0 Å². The first-order valence-electron chi connectivity index (χ1n) is 8.70. The Labute approximate surface area is 157 Å². The number of nitrogens with two attached hydrogens (primary N) is 1. The molecule has 0 bridgehead atoms. The third-order valence-corrected chi connectivity index (χ3v) is 4.60. The standard InChI is InChI=1S/C22H21F2NO2/c1-27-21-4-2-3-16(13-21)14-25-15-22(26,17-5-9-19(23)10-6-17)18-7-11-20(24)12-8-18/h2-13,25-26H,14-15H2,1H3/p+1. The number of quaternary nitrogens is 1. The van der Waals surface area contributed by atoms with Gasteiger partial charge >= 0.3 is 0 Å². The third-order valence-electron chi connectivity index (χ3n) is 4.60. The number of hydrogen-bond donors (Lipinski definition) is 2. The average Bonchev–Trinajstić information content (AvgIpc) is 2.69. The number of rotatable bonds is 7. The Morgan fingerprint density at radius 2 is 1.44 bits per heavy atom. The lowest BCUT2D eigenvalue weighted by Crippen LogP contribution is -2.86. The Kier molecular flexibility index (Phi) is 5.84. The number of hydrogen-bond acceptors (Lipinski definition) is 2. The second-order valence-corrected chi connectivity index (χ2v) is 6.42. The van der Waals surface area contributed by atoms with E-state index in [1.807, 2.05) is 29.6 Å². The van der Waals surface area contributed by atoms with Gasteiger partial charge in [0, 0.05) is 5.56 Å². The highest BCUT2D eigenvalue weighted by atomic mass is 19.1. The van der Waals surface area contributed by atoms with Crippen molar-refractivity contribution >= 4 is 0 Å². The highest BCUT2D eigenvalue weighted by Gasteiger charge is 2.33. The van der Waals surface area contributed by atoms with Crippen LogP contribution in [0.25, 0.3) is 0 Å². The Bertz CT molecular complexity index is 834. The maximum Gasteiger partial charge on any atom is 0.163 e. The van der Waals surface area contributed by atoms with Crippen molar-refractivity contribution in [1.82, 2.24) is 0 Å². The summed E-state index contributed by atoms with van der Waals surface area (Å²) in [5.74, 6) is 0.0226. The van der Waals surface area contributed by atoms with Crippen LogP contribution in [-0.4, -0.2) is 18.8 Å². The Morgan fingerprint density at radius 3 is 1.96 bits per heavy atom. The van der Waals surface area contributed by atoms with Gasteiger partial charge in [0.2, 0.25) is 0 Å². The lowest BCUT2D eigenvalue weighted by molar-refractivity contribution is -0.682. The van der Waals surface area contributed by atoms with Gasteiger partial charge in [0.15, 0.2) is 5.60 Å². The molecule has 0 aromatic heterocycles. The summed E-state index contributed by atoms with van der Waals surface area (Å²) in [6, 6.07) is 19.2. The smallest absolute Gasteiger partial charge is 0.163 e. The first-order valence-corrected chi connectivity index (χ1v) is 8.70. The summed E-state index contributed by atoms with van der Waals surface area (Å²) in [6.07, 6.45) is 0. The van der Waals surface area contributed by atoms with Crippen molar-refractivity contribution in [2.75, 3.05) is 13.7 Å². The van der Waals surface area contributed by atoms with E-state index in [2.05, 4.69) is 0 Å². The van der Waals surface area contributed by atoms with E-state index in [1.165, 1.54) is 24.3 Å². The van der Waals surface area contributed by atoms with Gasteiger partial charge in [-0.25, -0.2) is 8.78 Å². The monoisotopic (exact) mass is 370 g/mol. The van der Waals surface area contributed by atoms with Crippen molar-refractivity contribution in [1.29, 1.82) is 0 Å². The zero-order valence-electron chi connectivity index (χ0n) is 15.0. The van der Waals surface area contributed by atoms with Crippen LogP contribution in [0.5, 0.6) is 5.75 Å². The van der Waals surface area contributed by atoms with Gasteiger partial charge in [-0.15, -0.1) is 0 Å². The van der Waals surface area contributed by atoms with Gasteiger partial charge in [0.05, 0.1) is 7.11 Å². The van der Waals surface area contributed by atoms with E-state index in [1.54, 1.807) is 31.4 Å². The van der Waals surface area contributed by atoms with E-state index in [0.717, 1.165) is 11.3 Å². The lowest BCUT2D eigenvalue weighted by Gasteiger charge is -2.28.